The normalized spacial score (nSPS) is 14.6. The van der Waals surface area contributed by atoms with Crippen molar-refractivity contribution in [1.29, 1.82) is 0 Å². The molecule has 0 saturated heterocycles. The smallest absolute Gasteiger partial charge is 0.127 e. The Morgan fingerprint density at radius 2 is 1.89 bits per heavy atom. The summed E-state index contributed by atoms with van der Waals surface area (Å²) >= 11 is 3.39. The summed E-state index contributed by atoms with van der Waals surface area (Å²) in [6, 6.07) is 9.99. The van der Waals surface area contributed by atoms with Crippen molar-refractivity contribution in [1.82, 2.24) is 9.97 Å². The number of hydrogen-bond acceptors (Lipinski definition) is 3. The summed E-state index contributed by atoms with van der Waals surface area (Å²) in [5, 5.41) is 0. The van der Waals surface area contributed by atoms with Crippen molar-refractivity contribution in [2.45, 2.75) is 25.9 Å². The van der Waals surface area contributed by atoms with Crippen LogP contribution in [0, 0.1) is 6.92 Å². The van der Waals surface area contributed by atoms with Crippen LogP contribution in [0.4, 0.5) is 0 Å². The lowest BCUT2D eigenvalue weighted by molar-refractivity contribution is 0.303. The molecule has 0 N–H and O–H groups in total. The lowest BCUT2D eigenvalue weighted by Gasteiger charge is -2.06. The second-order valence-corrected chi connectivity index (χ2v) is 5.28. The molecule has 1 aromatic heterocycles. The van der Waals surface area contributed by atoms with E-state index in [1.807, 2.05) is 37.3 Å². The van der Waals surface area contributed by atoms with Crippen LogP contribution in [-0.4, -0.2) is 16.1 Å². The molecule has 2 aromatic rings. The highest BCUT2D eigenvalue weighted by molar-refractivity contribution is 9.10. The Hall–Kier alpha value is -1.42. The molecule has 1 aliphatic rings. The fourth-order valence-electron chi connectivity index (χ4n) is 1.76. The SMILES string of the molecule is Cc1nc(Br)cc(-c2ccc(OC3CC3)cc2)n1. The molecule has 3 nitrogen and oxygen atoms in total. The lowest BCUT2D eigenvalue weighted by Crippen LogP contribution is -1.96. The number of ether oxygens (including phenoxy) is 1. The van der Waals surface area contributed by atoms with Crippen LogP contribution in [0.3, 0.4) is 0 Å². The second-order valence-electron chi connectivity index (χ2n) is 4.46. The Labute approximate surface area is 114 Å². The second kappa shape index (κ2) is 4.69. The molecule has 0 radical (unpaired) electrons. The maximum Gasteiger partial charge on any atom is 0.127 e. The lowest BCUT2D eigenvalue weighted by atomic mass is 10.1. The van der Waals surface area contributed by atoms with Gasteiger partial charge in [-0.05, 0) is 66.0 Å². The largest absolute Gasteiger partial charge is 0.490 e. The van der Waals surface area contributed by atoms with Crippen LogP contribution in [0.25, 0.3) is 11.3 Å². The molecule has 1 aliphatic carbocycles. The molecule has 0 unspecified atom stereocenters. The summed E-state index contributed by atoms with van der Waals surface area (Å²) in [6.45, 7) is 1.89. The third-order valence-corrected chi connectivity index (χ3v) is 3.19. The predicted molar refractivity (Wildman–Crippen MR) is 73.6 cm³/mol. The maximum atomic E-state index is 5.72. The molecule has 18 heavy (non-hydrogen) atoms. The minimum absolute atomic E-state index is 0.436. The summed E-state index contributed by atoms with van der Waals surface area (Å²) in [5.41, 5.74) is 2.00. The Morgan fingerprint density at radius 3 is 2.50 bits per heavy atom. The molecule has 1 aromatic carbocycles. The first-order chi connectivity index (χ1) is 8.70. The van der Waals surface area contributed by atoms with Crippen molar-refractivity contribution in [3.8, 4) is 17.0 Å². The van der Waals surface area contributed by atoms with E-state index in [0.29, 0.717) is 6.10 Å². The van der Waals surface area contributed by atoms with Gasteiger partial charge in [-0.1, -0.05) is 0 Å². The topological polar surface area (TPSA) is 35.0 Å². The van der Waals surface area contributed by atoms with Crippen molar-refractivity contribution >= 4 is 15.9 Å². The van der Waals surface area contributed by atoms with E-state index in [2.05, 4.69) is 25.9 Å². The Kier molecular flexibility index (Phi) is 3.04. The van der Waals surface area contributed by atoms with Crippen molar-refractivity contribution in [3.05, 3.63) is 40.8 Å². The monoisotopic (exact) mass is 304 g/mol. The van der Waals surface area contributed by atoms with Gasteiger partial charge in [-0.15, -0.1) is 0 Å². The van der Waals surface area contributed by atoms with Crippen LogP contribution in [0.1, 0.15) is 18.7 Å². The molecular formula is C14H13BrN2O. The molecule has 3 rings (SSSR count). The molecule has 1 heterocycles. The molecule has 0 atom stereocenters. The van der Waals surface area contributed by atoms with Crippen molar-refractivity contribution < 1.29 is 4.74 Å². The van der Waals surface area contributed by atoms with Crippen molar-refractivity contribution in [2.75, 3.05) is 0 Å². The van der Waals surface area contributed by atoms with Crippen LogP contribution in [0.15, 0.2) is 34.9 Å². The summed E-state index contributed by atoms with van der Waals surface area (Å²) in [4.78, 5) is 8.63. The highest BCUT2D eigenvalue weighted by Crippen LogP contribution is 2.28. The highest BCUT2D eigenvalue weighted by Gasteiger charge is 2.23. The standard InChI is InChI=1S/C14H13BrN2O/c1-9-16-13(8-14(15)17-9)10-2-4-11(5-3-10)18-12-6-7-12/h2-5,8,12H,6-7H2,1H3. The fraction of sp³-hybridized carbons (Fsp3) is 0.286. The molecule has 1 fully saturated rings. The predicted octanol–water partition coefficient (Wildman–Crippen LogP) is 3.76. The van der Waals surface area contributed by atoms with E-state index < -0.39 is 0 Å². The van der Waals surface area contributed by atoms with Gasteiger partial charge in [0.15, 0.2) is 0 Å². The summed E-state index contributed by atoms with van der Waals surface area (Å²) < 4.78 is 6.53. The molecule has 0 spiro atoms. The van der Waals surface area contributed by atoms with Crippen LogP contribution in [-0.2, 0) is 0 Å². The molecular weight excluding hydrogens is 292 g/mol. The highest BCUT2D eigenvalue weighted by atomic mass is 79.9. The maximum absolute atomic E-state index is 5.72. The summed E-state index contributed by atoms with van der Waals surface area (Å²) in [7, 11) is 0. The molecule has 0 bridgehead atoms. The van der Waals surface area contributed by atoms with E-state index in [1.54, 1.807) is 0 Å². The first-order valence-electron chi connectivity index (χ1n) is 5.99. The third kappa shape index (κ3) is 2.70. The van der Waals surface area contributed by atoms with Crippen molar-refractivity contribution in [2.24, 2.45) is 0 Å². The number of nitrogens with zero attached hydrogens (tertiary/aromatic N) is 2. The van der Waals surface area contributed by atoms with Gasteiger partial charge in [-0.25, -0.2) is 9.97 Å². The van der Waals surface area contributed by atoms with E-state index in [1.165, 1.54) is 12.8 Å². The van der Waals surface area contributed by atoms with Gasteiger partial charge in [0.25, 0.3) is 0 Å². The molecule has 0 aliphatic heterocycles. The van der Waals surface area contributed by atoms with Gasteiger partial charge in [0.1, 0.15) is 16.2 Å². The Morgan fingerprint density at radius 1 is 1.17 bits per heavy atom. The van der Waals surface area contributed by atoms with E-state index in [0.717, 1.165) is 27.4 Å². The number of aryl methyl sites for hydroxylation is 1. The van der Waals surface area contributed by atoms with E-state index >= 15 is 0 Å². The van der Waals surface area contributed by atoms with Gasteiger partial charge in [0.05, 0.1) is 11.8 Å². The molecule has 1 saturated carbocycles. The van der Waals surface area contributed by atoms with E-state index in [-0.39, 0.29) is 0 Å². The molecule has 4 heteroatoms. The third-order valence-electron chi connectivity index (χ3n) is 2.78. The summed E-state index contributed by atoms with van der Waals surface area (Å²) in [6.07, 6.45) is 2.80. The van der Waals surface area contributed by atoms with Gasteiger partial charge in [0.2, 0.25) is 0 Å². The zero-order valence-electron chi connectivity index (χ0n) is 10.1. The molecule has 0 amide bonds. The number of aromatic nitrogens is 2. The van der Waals surface area contributed by atoms with Crippen molar-refractivity contribution in [3.63, 3.8) is 0 Å². The van der Waals surface area contributed by atoms with Gasteiger partial charge in [0, 0.05) is 5.56 Å². The minimum Gasteiger partial charge on any atom is -0.490 e. The number of halogens is 1. The van der Waals surface area contributed by atoms with Crippen LogP contribution in [0.5, 0.6) is 5.75 Å². The van der Waals surface area contributed by atoms with Crippen LogP contribution in [0.2, 0.25) is 0 Å². The van der Waals surface area contributed by atoms with Gasteiger partial charge < -0.3 is 4.74 Å². The zero-order chi connectivity index (χ0) is 12.5. The number of hydrogen-bond donors (Lipinski definition) is 0. The Balaban J connectivity index is 1.86. The quantitative estimate of drug-likeness (QED) is 0.810. The zero-order valence-corrected chi connectivity index (χ0v) is 11.6. The van der Waals surface area contributed by atoms with Gasteiger partial charge in [-0.2, -0.15) is 0 Å². The molecule has 92 valence electrons. The average Bonchev–Trinajstić information content (AvgIpc) is 3.12. The van der Waals surface area contributed by atoms with Crippen LogP contribution < -0.4 is 4.74 Å². The van der Waals surface area contributed by atoms with Gasteiger partial charge >= 0.3 is 0 Å². The van der Waals surface area contributed by atoms with E-state index in [4.69, 9.17) is 4.74 Å². The Bertz CT molecular complexity index is 544. The summed E-state index contributed by atoms with van der Waals surface area (Å²) in [5.74, 6) is 1.70. The number of rotatable bonds is 3. The first-order valence-corrected chi connectivity index (χ1v) is 6.78. The number of benzene rings is 1. The van der Waals surface area contributed by atoms with Gasteiger partial charge in [-0.3, -0.25) is 0 Å². The first kappa shape index (κ1) is 11.7. The average molecular weight is 305 g/mol. The minimum atomic E-state index is 0.436. The van der Waals surface area contributed by atoms with Crippen LogP contribution >= 0.6 is 15.9 Å². The van der Waals surface area contributed by atoms with E-state index in [9.17, 15) is 0 Å². The fourth-order valence-corrected chi connectivity index (χ4v) is 2.24.